The van der Waals surface area contributed by atoms with Crippen molar-refractivity contribution in [3.05, 3.63) is 230 Å². The first-order valence-corrected chi connectivity index (χ1v) is 20.5. The molecule has 59 heavy (non-hydrogen) atoms. The maximum atomic E-state index is 2.56. The molecule has 0 amide bonds. The minimum Gasteiger partial charge on any atom is -0.308 e. The fourth-order valence-electron chi connectivity index (χ4n) is 9.49. The number of para-hydroxylation sites is 1. The summed E-state index contributed by atoms with van der Waals surface area (Å²) < 4.78 is 0. The quantitative estimate of drug-likeness (QED) is 0.156. The fraction of sp³-hybridized carbons (Fsp3) is 0.0526. The lowest BCUT2D eigenvalue weighted by Gasteiger charge is -2.44. The molecule has 10 aromatic rings. The van der Waals surface area contributed by atoms with E-state index in [9.17, 15) is 0 Å². The summed E-state index contributed by atoms with van der Waals surface area (Å²) >= 11 is 0. The number of nitrogens with zero attached hydrogens (tertiary/aromatic N) is 2. The molecule has 0 unspecified atom stereocenters. The van der Waals surface area contributed by atoms with E-state index in [1.165, 1.54) is 77.1 Å². The fourth-order valence-corrected chi connectivity index (χ4v) is 9.49. The van der Waals surface area contributed by atoms with Crippen LogP contribution in [0.4, 0.5) is 34.1 Å². The van der Waals surface area contributed by atoms with Crippen LogP contribution in [0.1, 0.15) is 25.0 Å². The summed E-state index contributed by atoms with van der Waals surface area (Å²) in [6.45, 7) is 4.74. The molecule has 0 atom stereocenters. The Balaban J connectivity index is 1.25. The lowest BCUT2D eigenvalue weighted by atomic mass is 9.73. The summed E-state index contributed by atoms with van der Waals surface area (Å²) in [6.07, 6.45) is 0. The van der Waals surface area contributed by atoms with Crippen LogP contribution in [0.3, 0.4) is 0 Å². The number of anilines is 6. The van der Waals surface area contributed by atoms with E-state index in [0.717, 1.165) is 22.7 Å². The minimum absolute atomic E-state index is 0.232. The summed E-state index contributed by atoms with van der Waals surface area (Å²) in [5.41, 5.74) is 14.0. The van der Waals surface area contributed by atoms with Gasteiger partial charge in [0.05, 0.1) is 28.4 Å². The second-order valence-corrected chi connectivity index (χ2v) is 16.1. The van der Waals surface area contributed by atoms with Crippen LogP contribution in [0.2, 0.25) is 0 Å². The molecule has 0 saturated carbocycles. The molecule has 0 bridgehead atoms. The van der Waals surface area contributed by atoms with Crippen LogP contribution < -0.4 is 9.80 Å². The Hall–Kier alpha value is -7.42. The maximum Gasteiger partial charge on any atom is 0.0781 e. The molecular formula is C57H42N2. The van der Waals surface area contributed by atoms with Gasteiger partial charge in [-0.15, -0.1) is 0 Å². The van der Waals surface area contributed by atoms with Crippen molar-refractivity contribution >= 4 is 66.4 Å². The first kappa shape index (κ1) is 34.8. The Morgan fingerprint density at radius 2 is 0.898 bits per heavy atom. The number of benzene rings is 10. The third-order valence-corrected chi connectivity index (χ3v) is 12.4. The lowest BCUT2D eigenvalue weighted by molar-refractivity contribution is 0.632. The van der Waals surface area contributed by atoms with Crippen molar-refractivity contribution in [3.8, 4) is 22.3 Å². The molecule has 0 N–H and O–H groups in total. The third kappa shape index (κ3) is 5.71. The first-order chi connectivity index (χ1) is 29.0. The SMILES string of the molecule is CC1(C)c2ccccc2N(c2c(N(c3ccc(-c4ccccc4)cc3)c3cc4ccccc4c4ccccc34)ccc3ccccc23)c2cc(-c3ccccc3)ccc21. The van der Waals surface area contributed by atoms with Crippen LogP contribution in [-0.4, -0.2) is 0 Å². The van der Waals surface area contributed by atoms with Crippen molar-refractivity contribution in [1.29, 1.82) is 0 Å². The van der Waals surface area contributed by atoms with Gasteiger partial charge in [-0.3, -0.25) is 0 Å². The predicted molar refractivity (Wildman–Crippen MR) is 251 cm³/mol. The van der Waals surface area contributed by atoms with Gasteiger partial charge in [-0.25, -0.2) is 0 Å². The zero-order chi connectivity index (χ0) is 39.5. The highest BCUT2D eigenvalue weighted by atomic mass is 15.2. The number of fused-ring (bicyclic) bond motifs is 6. The van der Waals surface area contributed by atoms with E-state index in [2.05, 4.69) is 242 Å². The van der Waals surface area contributed by atoms with Crippen molar-refractivity contribution in [2.75, 3.05) is 9.80 Å². The van der Waals surface area contributed by atoms with Gasteiger partial charge in [0.15, 0.2) is 0 Å². The molecule has 0 fully saturated rings. The Labute approximate surface area is 345 Å². The first-order valence-electron chi connectivity index (χ1n) is 20.5. The summed E-state index contributed by atoms with van der Waals surface area (Å²) in [7, 11) is 0. The van der Waals surface area contributed by atoms with Crippen molar-refractivity contribution in [2.45, 2.75) is 19.3 Å². The summed E-state index contributed by atoms with van der Waals surface area (Å²) in [5.74, 6) is 0. The Bertz CT molecular complexity index is 3180. The number of hydrogen-bond acceptors (Lipinski definition) is 2. The molecule has 11 rings (SSSR count). The molecule has 2 nitrogen and oxygen atoms in total. The summed E-state index contributed by atoms with van der Waals surface area (Å²) in [5, 5.41) is 7.27. The normalized spacial score (nSPS) is 13.0. The summed E-state index contributed by atoms with van der Waals surface area (Å²) in [6, 6.07) is 80.2. The topological polar surface area (TPSA) is 6.48 Å². The number of rotatable bonds is 6. The van der Waals surface area contributed by atoms with E-state index in [4.69, 9.17) is 0 Å². The molecule has 0 saturated heterocycles. The molecule has 1 heterocycles. The van der Waals surface area contributed by atoms with E-state index in [0.29, 0.717) is 0 Å². The third-order valence-electron chi connectivity index (χ3n) is 12.4. The molecule has 1 aliphatic rings. The van der Waals surface area contributed by atoms with Gasteiger partial charge < -0.3 is 9.80 Å². The largest absolute Gasteiger partial charge is 0.308 e. The standard InChI is InChI=1S/C57H42N2/c1-57(2)50-27-15-16-28-52(50)59(55-37-43(31-35-51(55)57)40-19-7-4-8-20-40)56-47-24-12-9-21-42(47)32-36-53(56)58(45-33-29-41(30-34-45)39-17-5-3-6-18-39)54-38-44-22-10-11-23-46(44)48-25-13-14-26-49(48)54/h3-38H,1-2H3. The highest BCUT2D eigenvalue weighted by molar-refractivity contribution is 6.16. The Morgan fingerprint density at radius 1 is 0.356 bits per heavy atom. The zero-order valence-electron chi connectivity index (χ0n) is 33.2. The van der Waals surface area contributed by atoms with Crippen LogP contribution in [0.25, 0.3) is 54.6 Å². The van der Waals surface area contributed by atoms with Crippen LogP contribution in [0.15, 0.2) is 218 Å². The molecule has 0 aromatic heterocycles. The average Bonchev–Trinajstić information content (AvgIpc) is 3.30. The Morgan fingerprint density at radius 3 is 1.64 bits per heavy atom. The highest BCUT2D eigenvalue weighted by Gasteiger charge is 2.39. The average molecular weight is 755 g/mol. The van der Waals surface area contributed by atoms with Gasteiger partial charge in [0.1, 0.15) is 0 Å². The van der Waals surface area contributed by atoms with E-state index in [1.54, 1.807) is 0 Å². The van der Waals surface area contributed by atoms with Crippen LogP contribution >= 0.6 is 0 Å². The second kappa shape index (κ2) is 13.9. The predicted octanol–water partition coefficient (Wildman–Crippen LogP) is 16.1. The van der Waals surface area contributed by atoms with Crippen molar-refractivity contribution in [1.82, 2.24) is 0 Å². The molecular weight excluding hydrogens is 713 g/mol. The van der Waals surface area contributed by atoms with Gasteiger partial charge in [-0.1, -0.05) is 196 Å². The van der Waals surface area contributed by atoms with Crippen molar-refractivity contribution < 1.29 is 0 Å². The lowest BCUT2D eigenvalue weighted by Crippen LogP contribution is -2.31. The second-order valence-electron chi connectivity index (χ2n) is 16.1. The zero-order valence-corrected chi connectivity index (χ0v) is 33.2. The molecule has 280 valence electrons. The number of hydrogen-bond donors (Lipinski definition) is 0. The van der Waals surface area contributed by atoms with Gasteiger partial charge in [0, 0.05) is 21.9 Å². The maximum absolute atomic E-state index is 2.56. The van der Waals surface area contributed by atoms with Crippen molar-refractivity contribution in [2.24, 2.45) is 0 Å². The molecule has 2 heteroatoms. The van der Waals surface area contributed by atoms with E-state index in [-0.39, 0.29) is 5.41 Å². The smallest absolute Gasteiger partial charge is 0.0781 e. The van der Waals surface area contributed by atoms with Gasteiger partial charge in [0.2, 0.25) is 0 Å². The molecule has 0 spiro atoms. The van der Waals surface area contributed by atoms with Gasteiger partial charge >= 0.3 is 0 Å². The molecule has 0 aliphatic carbocycles. The van der Waals surface area contributed by atoms with E-state index < -0.39 is 0 Å². The minimum atomic E-state index is -0.232. The summed E-state index contributed by atoms with van der Waals surface area (Å²) in [4.78, 5) is 5.07. The van der Waals surface area contributed by atoms with Gasteiger partial charge in [-0.2, -0.15) is 0 Å². The molecule has 10 aromatic carbocycles. The van der Waals surface area contributed by atoms with Crippen LogP contribution in [-0.2, 0) is 5.41 Å². The molecule has 1 aliphatic heterocycles. The van der Waals surface area contributed by atoms with Crippen molar-refractivity contribution in [3.63, 3.8) is 0 Å². The van der Waals surface area contributed by atoms with Gasteiger partial charge in [0.25, 0.3) is 0 Å². The highest BCUT2D eigenvalue weighted by Crippen LogP contribution is 2.57. The Kier molecular flexibility index (Phi) is 8.20. The van der Waals surface area contributed by atoms with E-state index in [1.807, 2.05) is 0 Å². The van der Waals surface area contributed by atoms with E-state index >= 15 is 0 Å². The van der Waals surface area contributed by atoms with Crippen LogP contribution in [0, 0.1) is 0 Å². The van der Waals surface area contributed by atoms with Gasteiger partial charge in [-0.05, 0) is 91.3 Å². The molecule has 0 radical (unpaired) electrons. The monoisotopic (exact) mass is 754 g/mol. The van der Waals surface area contributed by atoms with Crippen LogP contribution in [0.5, 0.6) is 0 Å².